The molecule has 6 heteroatoms. The molecule has 0 unspecified atom stereocenters. The van der Waals surface area contributed by atoms with Gasteiger partial charge in [0.25, 0.3) is 5.91 Å². The normalized spacial score (nSPS) is 12.2. The third-order valence-electron chi connectivity index (χ3n) is 3.09. The molecule has 2 aromatic rings. The number of thiophene rings is 1. The average Bonchev–Trinajstić information content (AvgIpc) is 2.97. The van der Waals surface area contributed by atoms with E-state index in [0.717, 1.165) is 4.88 Å². The molecule has 118 valence electrons. The van der Waals surface area contributed by atoms with E-state index in [1.807, 2.05) is 17.5 Å². The van der Waals surface area contributed by atoms with Gasteiger partial charge in [-0.05, 0) is 51.5 Å². The van der Waals surface area contributed by atoms with Gasteiger partial charge in [0, 0.05) is 4.88 Å². The number of nitrogens with one attached hydrogen (secondary N) is 1. The molecule has 0 aliphatic rings. The first kappa shape index (κ1) is 17.0. The van der Waals surface area contributed by atoms with Crippen LogP contribution < -0.4 is 10.1 Å². The molecule has 0 spiro atoms. The number of benzene rings is 1. The molecule has 0 bridgehead atoms. The maximum Gasteiger partial charge on any atom is 0.258 e. The fourth-order valence-electron chi connectivity index (χ4n) is 1.99. The van der Waals surface area contributed by atoms with Crippen molar-refractivity contribution < 1.29 is 13.9 Å². The summed E-state index contributed by atoms with van der Waals surface area (Å²) in [5.74, 6) is 0.151. The van der Waals surface area contributed by atoms with Crippen LogP contribution in [0.2, 0.25) is 0 Å². The fraction of sp³-hybridized carbons (Fsp3) is 0.312. The third kappa shape index (κ3) is 4.55. The second-order valence-corrected chi connectivity index (χ2v) is 7.00. The second kappa shape index (κ2) is 7.74. The maximum atomic E-state index is 13.0. The molecule has 0 radical (unpaired) electrons. The lowest BCUT2D eigenvalue weighted by Gasteiger charge is -2.21. The Morgan fingerprint density at radius 1 is 1.41 bits per heavy atom. The Labute approximate surface area is 141 Å². The molecule has 1 heterocycles. The third-order valence-corrected chi connectivity index (χ3v) is 4.66. The van der Waals surface area contributed by atoms with Crippen molar-refractivity contribution in [1.29, 1.82) is 0 Å². The van der Waals surface area contributed by atoms with Crippen molar-refractivity contribution in [2.24, 2.45) is 5.92 Å². The number of ether oxygens (including phenoxy) is 1. The molecule has 1 aromatic carbocycles. The summed E-state index contributed by atoms with van der Waals surface area (Å²) < 4.78 is 18.9. The molecule has 22 heavy (non-hydrogen) atoms. The minimum absolute atomic E-state index is 0.0345. The van der Waals surface area contributed by atoms with E-state index in [9.17, 15) is 9.18 Å². The Hall–Kier alpha value is -1.40. The zero-order valence-electron chi connectivity index (χ0n) is 12.3. The highest BCUT2D eigenvalue weighted by molar-refractivity contribution is 9.10. The Bertz CT molecular complexity index is 631. The molecular formula is C16H17BrFNO2S. The fourth-order valence-corrected chi connectivity index (χ4v) is 3.40. The molecule has 0 aliphatic carbocycles. The van der Waals surface area contributed by atoms with E-state index >= 15 is 0 Å². The van der Waals surface area contributed by atoms with E-state index in [4.69, 9.17) is 4.74 Å². The monoisotopic (exact) mass is 385 g/mol. The Morgan fingerprint density at radius 3 is 2.77 bits per heavy atom. The highest BCUT2D eigenvalue weighted by Gasteiger charge is 2.19. The van der Waals surface area contributed by atoms with Crippen LogP contribution in [0, 0.1) is 11.7 Å². The lowest BCUT2D eigenvalue weighted by molar-refractivity contribution is -0.124. The second-order valence-electron chi connectivity index (χ2n) is 5.17. The topological polar surface area (TPSA) is 38.3 Å². The van der Waals surface area contributed by atoms with Crippen LogP contribution >= 0.6 is 27.3 Å². The van der Waals surface area contributed by atoms with Gasteiger partial charge in [-0.3, -0.25) is 4.79 Å². The van der Waals surface area contributed by atoms with Crippen LogP contribution in [0.4, 0.5) is 4.39 Å². The summed E-state index contributed by atoms with van der Waals surface area (Å²) in [6, 6.07) is 8.02. The Morgan fingerprint density at radius 2 is 2.18 bits per heavy atom. The summed E-state index contributed by atoms with van der Waals surface area (Å²) in [7, 11) is 0. The Balaban J connectivity index is 1.94. The lowest BCUT2D eigenvalue weighted by atomic mass is 10.0. The standard InChI is InChI=1S/C16H17BrFNO2S/c1-10(2)16(14-4-3-7-22-14)19-15(20)9-21-13-6-5-11(18)8-12(13)17/h3-8,10,16H,9H2,1-2H3,(H,19,20)/t16-/m0/s1. The van der Waals surface area contributed by atoms with E-state index in [2.05, 4.69) is 35.1 Å². The number of carbonyl (C=O) groups is 1. The summed E-state index contributed by atoms with van der Waals surface area (Å²) >= 11 is 4.82. The van der Waals surface area contributed by atoms with Crippen LogP contribution in [0.15, 0.2) is 40.2 Å². The molecule has 0 saturated heterocycles. The largest absolute Gasteiger partial charge is 0.483 e. The van der Waals surface area contributed by atoms with Crippen molar-refractivity contribution >= 4 is 33.2 Å². The van der Waals surface area contributed by atoms with E-state index in [0.29, 0.717) is 10.2 Å². The lowest BCUT2D eigenvalue weighted by Crippen LogP contribution is -2.34. The van der Waals surface area contributed by atoms with E-state index in [1.54, 1.807) is 11.3 Å². The van der Waals surface area contributed by atoms with Crippen molar-refractivity contribution in [3.8, 4) is 5.75 Å². The predicted octanol–water partition coefficient (Wildman–Crippen LogP) is 4.54. The zero-order valence-corrected chi connectivity index (χ0v) is 14.7. The molecule has 1 amide bonds. The zero-order chi connectivity index (χ0) is 16.1. The van der Waals surface area contributed by atoms with Crippen LogP contribution in [0.5, 0.6) is 5.75 Å². The number of rotatable bonds is 6. The van der Waals surface area contributed by atoms with Crippen molar-refractivity contribution in [2.45, 2.75) is 19.9 Å². The van der Waals surface area contributed by atoms with E-state index < -0.39 is 0 Å². The number of carbonyl (C=O) groups excluding carboxylic acids is 1. The smallest absolute Gasteiger partial charge is 0.258 e. The average molecular weight is 386 g/mol. The van der Waals surface area contributed by atoms with Gasteiger partial charge in [-0.1, -0.05) is 19.9 Å². The van der Waals surface area contributed by atoms with Crippen LogP contribution in [-0.2, 0) is 4.79 Å². The van der Waals surface area contributed by atoms with E-state index in [-0.39, 0.29) is 30.3 Å². The van der Waals surface area contributed by atoms with Crippen molar-refractivity contribution in [1.82, 2.24) is 5.32 Å². The molecular weight excluding hydrogens is 369 g/mol. The number of amides is 1. The van der Waals surface area contributed by atoms with Gasteiger partial charge in [0.15, 0.2) is 6.61 Å². The molecule has 2 rings (SSSR count). The summed E-state index contributed by atoms with van der Waals surface area (Å²) in [4.78, 5) is 13.2. The maximum absolute atomic E-state index is 13.0. The number of hydrogen-bond acceptors (Lipinski definition) is 3. The summed E-state index contributed by atoms with van der Waals surface area (Å²) in [6.07, 6.45) is 0. The first-order valence-corrected chi connectivity index (χ1v) is 8.55. The van der Waals surface area contributed by atoms with Gasteiger partial charge in [-0.25, -0.2) is 4.39 Å². The highest BCUT2D eigenvalue weighted by atomic mass is 79.9. The van der Waals surface area contributed by atoms with Crippen molar-refractivity contribution in [2.75, 3.05) is 6.61 Å². The van der Waals surface area contributed by atoms with Crippen LogP contribution in [0.1, 0.15) is 24.8 Å². The summed E-state index contributed by atoms with van der Waals surface area (Å²) in [6.45, 7) is 4.00. The van der Waals surface area contributed by atoms with Crippen LogP contribution in [-0.4, -0.2) is 12.5 Å². The van der Waals surface area contributed by atoms with Gasteiger partial charge >= 0.3 is 0 Å². The number of hydrogen-bond donors (Lipinski definition) is 1. The molecule has 0 aliphatic heterocycles. The quantitative estimate of drug-likeness (QED) is 0.792. The summed E-state index contributed by atoms with van der Waals surface area (Å²) in [5, 5.41) is 4.97. The predicted molar refractivity (Wildman–Crippen MR) is 89.6 cm³/mol. The number of halogens is 2. The van der Waals surface area contributed by atoms with Crippen molar-refractivity contribution in [3.05, 3.63) is 50.9 Å². The molecule has 1 N–H and O–H groups in total. The first-order chi connectivity index (χ1) is 10.5. The van der Waals surface area contributed by atoms with Crippen LogP contribution in [0.3, 0.4) is 0 Å². The van der Waals surface area contributed by atoms with Crippen LogP contribution in [0.25, 0.3) is 0 Å². The molecule has 0 saturated carbocycles. The molecule has 3 nitrogen and oxygen atoms in total. The minimum atomic E-state index is -0.360. The molecule has 1 atom stereocenters. The molecule has 1 aromatic heterocycles. The minimum Gasteiger partial charge on any atom is -0.483 e. The Kier molecular flexibility index (Phi) is 5.97. The first-order valence-electron chi connectivity index (χ1n) is 6.88. The SMILES string of the molecule is CC(C)[C@H](NC(=O)COc1ccc(F)cc1Br)c1cccs1. The molecule has 0 fully saturated rings. The van der Waals surface area contributed by atoms with Crippen molar-refractivity contribution in [3.63, 3.8) is 0 Å². The van der Waals surface area contributed by atoms with Gasteiger partial charge in [-0.2, -0.15) is 0 Å². The van der Waals surface area contributed by atoms with E-state index in [1.165, 1.54) is 18.2 Å². The van der Waals surface area contributed by atoms with Gasteiger partial charge in [0.1, 0.15) is 11.6 Å². The summed E-state index contributed by atoms with van der Waals surface area (Å²) in [5.41, 5.74) is 0. The van der Waals surface area contributed by atoms with Gasteiger partial charge < -0.3 is 10.1 Å². The highest BCUT2D eigenvalue weighted by Crippen LogP contribution is 2.27. The van der Waals surface area contributed by atoms with Gasteiger partial charge in [0.2, 0.25) is 0 Å². The van der Waals surface area contributed by atoms with Gasteiger partial charge in [-0.15, -0.1) is 11.3 Å². The van der Waals surface area contributed by atoms with Gasteiger partial charge in [0.05, 0.1) is 10.5 Å².